The van der Waals surface area contributed by atoms with Crippen molar-refractivity contribution in [3.8, 4) is 0 Å². The molecule has 3 fully saturated rings. The molecule has 1 aromatic heterocycles. The summed E-state index contributed by atoms with van der Waals surface area (Å²) in [5.41, 5.74) is 1.75. The summed E-state index contributed by atoms with van der Waals surface area (Å²) in [5.74, 6) is 1.02. The van der Waals surface area contributed by atoms with Crippen molar-refractivity contribution in [2.75, 3.05) is 6.54 Å². The second-order valence-corrected chi connectivity index (χ2v) is 6.65. The van der Waals surface area contributed by atoms with Crippen LogP contribution in [0, 0.1) is 12.8 Å². The Balaban J connectivity index is 1.68. The predicted molar refractivity (Wildman–Crippen MR) is 74.8 cm³/mol. The van der Waals surface area contributed by atoms with Gasteiger partial charge in [-0.3, -0.25) is 10.1 Å². The van der Waals surface area contributed by atoms with E-state index >= 15 is 0 Å². The Kier molecular flexibility index (Phi) is 2.67. The van der Waals surface area contributed by atoms with Crippen LogP contribution < -0.4 is 5.32 Å². The van der Waals surface area contributed by atoms with Crippen molar-refractivity contribution < 1.29 is 4.79 Å². The van der Waals surface area contributed by atoms with Crippen LogP contribution in [0.4, 0.5) is 0 Å². The number of aryl methyl sites for hydroxylation is 1. The van der Waals surface area contributed by atoms with E-state index in [-0.39, 0.29) is 11.7 Å². The molecular formula is C15H22N4O. The van der Waals surface area contributed by atoms with E-state index in [1.165, 1.54) is 12.8 Å². The van der Waals surface area contributed by atoms with Crippen LogP contribution in [-0.2, 0) is 4.79 Å². The number of hydrogen-bond acceptors (Lipinski definition) is 3. The third kappa shape index (κ3) is 1.79. The lowest BCUT2D eigenvalue weighted by Gasteiger charge is -2.23. The first-order chi connectivity index (χ1) is 9.70. The van der Waals surface area contributed by atoms with Crippen LogP contribution >= 0.6 is 0 Å². The maximum absolute atomic E-state index is 12.9. The van der Waals surface area contributed by atoms with Gasteiger partial charge in [0, 0.05) is 12.2 Å². The molecule has 1 aliphatic heterocycles. The van der Waals surface area contributed by atoms with Crippen LogP contribution in [0.1, 0.15) is 56.1 Å². The number of nitrogens with one attached hydrogen (secondary N) is 2. The fraction of sp³-hybridized carbons (Fsp3) is 0.733. The van der Waals surface area contributed by atoms with Crippen LogP contribution in [0.3, 0.4) is 0 Å². The molecule has 1 saturated heterocycles. The predicted octanol–water partition coefficient (Wildman–Crippen LogP) is 1.87. The number of carbonyl (C=O) groups excluding carboxylic acids is 1. The zero-order valence-corrected chi connectivity index (χ0v) is 12.0. The highest BCUT2D eigenvalue weighted by atomic mass is 16.2. The molecular weight excluding hydrogens is 252 g/mol. The molecule has 1 atom stereocenters. The molecule has 2 saturated carbocycles. The third-order valence-electron chi connectivity index (χ3n) is 5.13. The highest BCUT2D eigenvalue weighted by molar-refractivity contribution is 5.89. The molecule has 20 heavy (non-hydrogen) atoms. The lowest BCUT2D eigenvalue weighted by atomic mass is 9.98. The van der Waals surface area contributed by atoms with Crippen LogP contribution in [0.2, 0.25) is 0 Å². The minimum Gasteiger partial charge on any atom is -0.348 e. The molecule has 108 valence electrons. The Labute approximate surface area is 119 Å². The maximum atomic E-state index is 12.9. The zero-order chi connectivity index (χ0) is 13.7. The van der Waals surface area contributed by atoms with Gasteiger partial charge >= 0.3 is 0 Å². The highest BCUT2D eigenvalue weighted by Gasteiger charge is 2.54. The summed E-state index contributed by atoms with van der Waals surface area (Å²) in [6.07, 6.45) is 8.50. The Hall–Kier alpha value is -1.36. The lowest BCUT2D eigenvalue weighted by molar-refractivity contribution is -0.133. The number of nitrogens with zero attached hydrogens (tertiary/aromatic N) is 2. The lowest BCUT2D eigenvalue weighted by Crippen LogP contribution is -2.44. The van der Waals surface area contributed by atoms with Crippen molar-refractivity contribution in [2.24, 2.45) is 5.92 Å². The van der Waals surface area contributed by atoms with Gasteiger partial charge < -0.3 is 9.88 Å². The average Bonchev–Trinajstić information content (AvgIpc) is 2.85. The molecule has 0 aromatic carbocycles. The number of amides is 1. The van der Waals surface area contributed by atoms with E-state index in [1.807, 2.05) is 6.92 Å². The van der Waals surface area contributed by atoms with Crippen molar-refractivity contribution in [2.45, 2.75) is 57.2 Å². The summed E-state index contributed by atoms with van der Waals surface area (Å²) in [4.78, 5) is 22.6. The van der Waals surface area contributed by atoms with Gasteiger partial charge in [-0.15, -0.1) is 0 Å². The molecule has 3 aliphatic rings. The topological polar surface area (TPSA) is 61.0 Å². The molecule has 1 amide bonds. The zero-order valence-electron chi connectivity index (χ0n) is 12.0. The van der Waals surface area contributed by atoms with Gasteiger partial charge in [-0.25, -0.2) is 4.98 Å². The van der Waals surface area contributed by atoms with Gasteiger partial charge in [-0.05, 0) is 38.5 Å². The number of rotatable bonds is 3. The second-order valence-electron chi connectivity index (χ2n) is 6.65. The van der Waals surface area contributed by atoms with Crippen molar-refractivity contribution in [1.29, 1.82) is 0 Å². The molecule has 1 aromatic rings. The summed E-state index contributed by atoms with van der Waals surface area (Å²) < 4.78 is 0. The van der Waals surface area contributed by atoms with Gasteiger partial charge in [0.25, 0.3) is 0 Å². The monoisotopic (exact) mass is 274 g/mol. The summed E-state index contributed by atoms with van der Waals surface area (Å²) in [6.45, 7) is 2.92. The number of H-pyrrole nitrogens is 1. The Morgan fingerprint density at radius 3 is 2.75 bits per heavy atom. The number of aromatic amines is 1. The largest absolute Gasteiger partial charge is 0.348 e. The number of imidazole rings is 1. The van der Waals surface area contributed by atoms with Gasteiger partial charge in [-0.1, -0.05) is 12.8 Å². The number of hydrogen-bond donors (Lipinski definition) is 2. The van der Waals surface area contributed by atoms with Crippen LogP contribution in [-0.4, -0.2) is 32.9 Å². The fourth-order valence-corrected chi connectivity index (χ4v) is 3.76. The summed E-state index contributed by atoms with van der Waals surface area (Å²) in [6, 6.07) is 0. The summed E-state index contributed by atoms with van der Waals surface area (Å²) in [5, 5.41) is 3.64. The minimum atomic E-state index is -0.301. The number of carbonyl (C=O) groups is 1. The smallest absolute Gasteiger partial charge is 0.244 e. The Bertz CT molecular complexity index is 528. The van der Waals surface area contributed by atoms with Gasteiger partial charge in [0.05, 0.1) is 17.6 Å². The highest BCUT2D eigenvalue weighted by Crippen LogP contribution is 2.43. The SMILES string of the molecule is Cc1[nH]cnc1[C@H]1NC2(CCCC2)C(=O)N1CC1CC1. The molecule has 0 bridgehead atoms. The summed E-state index contributed by atoms with van der Waals surface area (Å²) >= 11 is 0. The second kappa shape index (κ2) is 4.32. The standard InChI is InChI=1S/C15H22N4O/c1-10-12(17-9-16-10)13-18-15(6-2-3-7-15)14(20)19(13)8-11-4-5-11/h9,11,13,18H,2-8H2,1H3,(H,16,17)/t13-/m0/s1. The number of aromatic nitrogens is 2. The van der Waals surface area contributed by atoms with E-state index in [4.69, 9.17) is 0 Å². The molecule has 0 radical (unpaired) electrons. The van der Waals surface area contributed by atoms with Gasteiger partial charge in [0.15, 0.2) is 0 Å². The van der Waals surface area contributed by atoms with E-state index in [0.717, 1.165) is 43.6 Å². The van der Waals surface area contributed by atoms with Crippen LogP contribution in [0.5, 0.6) is 0 Å². The van der Waals surface area contributed by atoms with Gasteiger partial charge in [0.2, 0.25) is 5.91 Å². The molecule has 2 aliphatic carbocycles. The molecule has 2 N–H and O–H groups in total. The molecule has 5 nitrogen and oxygen atoms in total. The van der Waals surface area contributed by atoms with Gasteiger partial charge in [-0.2, -0.15) is 0 Å². The van der Waals surface area contributed by atoms with E-state index in [9.17, 15) is 4.79 Å². The Morgan fingerprint density at radius 2 is 2.15 bits per heavy atom. The van der Waals surface area contributed by atoms with Crippen molar-refractivity contribution in [3.63, 3.8) is 0 Å². The molecule has 1 spiro atoms. The van der Waals surface area contributed by atoms with Crippen molar-refractivity contribution in [1.82, 2.24) is 20.2 Å². The van der Waals surface area contributed by atoms with Crippen LogP contribution in [0.25, 0.3) is 0 Å². The van der Waals surface area contributed by atoms with E-state index < -0.39 is 0 Å². The molecule has 4 rings (SSSR count). The fourth-order valence-electron chi connectivity index (χ4n) is 3.76. The van der Waals surface area contributed by atoms with E-state index in [2.05, 4.69) is 20.2 Å². The first-order valence-corrected chi connectivity index (χ1v) is 7.78. The van der Waals surface area contributed by atoms with Crippen molar-refractivity contribution in [3.05, 3.63) is 17.7 Å². The van der Waals surface area contributed by atoms with Crippen LogP contribution in [0.15, 0.2) is 6.33 Å². The van der Waals surface area contributed by atoms with Gasteiger partial charge in [0.1, 0.15) is 6.17 Å². The van der Waals surface area contributed by atoms with Crippen molar-refractivity contribution >= 4 is 5.91 Å². The minimum absolute atomic E-state index is 0.0348. The molecule has 0 unspecified atom stereocenters. The Morgan fingerprint density at radius 1 is 1.40 bits per heavy atom. The first kappa shape index (κ1) is 12.4. The normalized spacial score (nSPS) is 28.8. The first-order valence-electron chi connectivity index (χ1n) is 7.78. The summed E-state index contributed by atoms with van der Waals surface area (Å²) in [7, 11) is 0. The quantitative estimate of drug-likeness (QED) is 0.884. The third-order valence-corrected chi connectivity index (χ3v) is 5.13. The van der Waals surface area contributed by atoms with E-state index in [0.29, 0.717) is 11.8 Å². The molecule has 5 heteroatoms. The molecule has 2 heterocycles. The average molecular weight is 274 g/mol. The maximum Gasteiger partial charge on any atom is 0.244 e. The van der Waals surface area contributed by atoms with E-state index in [1.54, 1.807) is 6.33 Å².